The highest BCUT2D eigenvalue weighted by atomic mass is 32.1. The molecule has 0 amide bonds. The van der Waals surface area contributed by atoms with Crippen LogP contribution in [0.2, 0.25) is 0 Å². The molecule has 0 bridgehead atoms. The highest BCUT2D eigenvalue weighted by Gasteiger charge is 2.04. The number of anilines is 1. The highest BCUT2D eigenvalue weighted by molar-refractivity contribution is 7.80. The van der Waals surface area contributed by atoms with Crippen molar-refractivity contribution in [1.82, 2.24) is 4.98 Å². The molecule has 0 atom stereocenters. The predicted molar refractivity (Wildman–Crippen MR) is 74.3 cm³/mol. The Morgan fingerprint density at radius 1 is 1.53 bits per heavy atom. The second-order valence-electron chi connectivity index (χ2n) is 3.66. The average Bonchev–Trinajstić information content (AvgIpc) is 2.34. The zero-order chi connectivity index (χ0) is 12.5. The van der Waals surface area contributed by atoms with Crippen LogP contribution in [0.5, 0.6) is 0 Å². The second kappa shape index (κ2) is 7.97. The van der Waals surface area contributed by atoms with E-state index < -0.39 is 0 Å². The summed E-state index contributed by atoms with van der Waals surface area (Å²) >= 11 is 4.94. The van der Waals surface area contributed by atoms with Crippen molar-refractivity contribution in [1.29, 1.82) is 0 Å². The molecule has 0 aliphatic carbocycles. The van der Waals surface area contributed by atoms with E-state index in [4.69, 9.17) is 22.7 Å². The smallest absolute Gasteiger partial charge is 0.124 e. The lowest BCUT2D eigenvalue weighted by atomic mass is 10.3. The van der Waals surface area contributed by atoms with E-state index in [9.17, 15) is 0 Å². The Labute approximate surface area is 108 Å². The Morgan fingerprint density at radius 3 is 3.06 bits per heavy atom. The van der Waals surface area contributed by atoms with Crippen LogP contribution in [0, 0.1) is 0 Å². The molecule has 0 radical (unpaired) electrons. The first-order chi connectivity index (χ1) is 8.25. The summed E-state index contributed by atoms with van der Waals surface area (Å²) in [5.74, 6) is 0. The van der Waals surface area contributed by atoms with E-state index >= 15 is 0 Å². The molecule has 3 N–H and O–H groups in total. The van der Waals surface area contributed by atoms with E-state index in [0.29, 0.717) is 10.7 Å². The third-order valence-corrected chi connectivity index (χ3v) is 2.36. The zero-order valence-corrected chi connectivity index (χ0v) is 10.9. The van der Waals surface area contributed by atoms with Crippen molar-refractivity contribution in [3.05, 3.63) is 24.0 Å². The molecule has 0 saturated carbocycles. The van der Waals surface area contributed by atoms with Gasteiger partial charge in [-0.25, -0.2) is 0 Å². The molecular weight excluding hydrogens is 234 g/mol. The Morgan fingerprint density at radius 2 is 2.35 bits per heavy atom. The lowest BCUT2D eigenvalue weighted by Gasteiger charge is -2.09. The monoisotopic (exact) mass is 253 g/mol. The minimum absolute atomic E-state index is 0.315. The van der Waals surface area contributed by atoms with Gasteiger partial charge in [0.25, 0.3) is 0 Å². The van der Waals surface area contributed by atoms with Crippen LogP contribution in [0.25, 0.3) is 0 Å². The maximum atomic E-state index is 5.59. The highest BCUT2D eigenvalue weighted by Crippen LogP contribution is 2.11. The van der Waals surface area contributed by atoms with Crippen LogP contribution in [0.3, 0.4) is 0 Å². The third kappa shape index (κ3) is 5.10. The summed E-state index contributed by atoms with van der Waals surface area (Å²) in [4.78, 5) is 4.46. The second-order valence-corrected chi connectivity index (χ2v) is 4.10. The number of ether oxygens (including phenoxy) is 1. The summed E-state index contributed by atoms with van der Waals surface area (Å²) in [5, 5.41) is 3.26. The molecule has 1 aromatic heterocycles. The summed E-state index contributed by atoms with van der Waals surface area (Å²) in [5.41, 5.74) is 7.12. The van der Waals surface area contributed by atoms with Gasteiger partial charge in [0.2, 0.25) is 0 Å². The quantitative estimate of drug-likeness (QED) is 0.548. The van der Waals surface area contributed by atoms with Crippen molar-refractivity contribution in [3.8, 4) is 0 Å². The van der Waals surface area contributed by atoms with E-state index in [1.807, 2.05) is 12.1 Å². The molecular formula is C12H19N3OS. The summed E-state index contributed by atoms with van der Waals surface area (Å²) in [6.45, 7) is 4.52. The fraction of sp³-hybridized carbons (Fsp3) is 0.500. The van der Waals surface area contributed by atoms with Gasteiger partial charge in [-0.15, -0.1) is 0 Å². The summed E-state index contributed by atoms with van der Waals surface area (Å²) < 4.78 is 5.39. The summed E-state index contributed by atoms with van der Waals surface area (Å²) in [6.07, 6.45) is 3.69. The van der Waals surface area contributed by atoms with Gasteiger partial charge >= 0.3 is 0 Å². The molecule has 0 aliphatic heterocycles. The number of thiocarbonyl (C=S) groups is 1. The van der Waals surface area contributed by atoms with Crippen molar-refractivity contribution in [2.24, 2.45) is 5.73 Å². The standard InChI is InChI=1S/C12H19N3OS/c1-2-8-16-9-4-7-14-10-5-3-6-15-11(10)12(13)17/h3,5-6,14H,2,4,7-9H2,1H3,(H2,13,17). The number of nitrogens with zero attached hydrogens (tertiary/aromatic N) is 1. The van der Waals surface area contributed by atoms with Gasteiger partial charge in [0.1, 0.15) is 10.7 Å². The molecule has 0 spiro atoms. The molecule has 0 saturated heterocycles. The number of nitrogens with two attached hydrogens (primary N) is 1. The molecule has 1 rings (SSSR count). The van der Waals surface area contributed by atoms with Crippen LogP contribution in [0.1, 0.15) is 25.5 Å². The lowest BCUT2D eigenvalue weighted by molar-refractivity contribution is 0.134. The average molecular weight is 253 g/mol. The molecule has 0 aromatic carbocycles. The molecule has 0 fully saturated rings. The van der Waals surface area contributed by atoms with Gasteiger partial charge in [-0.2, -0.15) is 0 Å². The van der Waals surface area contributed by atoms with Gasteiger partial charge in [-0.05, 0) is 25.0 Å². The fourth-order valence-electron chi connectivity index (χ4n) is 1.39. The Bertz CT molecular complexity index is 357. The molecule has 94 valence electrons. The minimum Gasteiger partial charge on any atom is -0.388 e. The zero-order valence-electron chi connectivity index (χ0n) is 10.1. The van der Waals surface area contributed by atoms with Crippen molar-refractivity contribution < 1.29 is 4.74 Å². The van der Waals surface area contributed by atoms with Crippen LogP contribution >= 0.6 is 12.2 Å². The van der Waals surface area contributed by atoms with Crippen molar-refractivity contribution in [2.45, 2.75) is 19.8 Å². The number of pyridine rings is 1. The molecule has 1 heterocycles. The van der Waals surface area contributed by atoms with Crippen LogP contribution in [0.15, 0.2) is 18.3 Å². The van der Waals surface area contributed by atoms with Gasteiger partial charge in [-0.3, -0.25) is 4.98 Å². The molecule has 1 aromatic rings. The van der Waals surface area contributed by atoms with Crippen molar-refractivity contribution in [2.75, 3.05) is 25.1 Å². The van der Waals surface area contributed by atoms with Crippen LogP contribution in [0.4, 0.5) is 5.69 Å². The van der Waals surface area contributed by atoms with E-state index in [0.717, 1.165) is 38.3 Å². The fourth-order valence-corrected chi connectivity index (χ4v) is 1.55. The Kier molecular flexibility index (Phi) is 6.50. The minimum atomic E-state index is 0.315. The van der Waals surface area contributed by atoms with Crippen LogP contribution < -0.4 is 11.1 Å². The van der Waals surface area contributed by atoms with E-state index in [2.05, 4.69) is 17.2 Å². The van der Waals surface area contributed by atoms with Gasteiger partial charge in [-0.1, -0.05) is 19.1 Å². The van der Waals surface area contributed by atoms with E-state index in [1.165, 1.54) is 0 Å². The van der Waals surface area contributed by atoms with Crippen LogP contribution in [-0.4, -0.2) is 29.7 Å². The number of hydrogen-bond donors (Lipinski definition) is 2. The Hall–Kier alpha value is -1.20. The largest absolute Gasteiger partial charge is 0.388 e. The van der Waals surface area contributed by atoms with Gasteiger partial charge in [0, 0.05) is 26.0 Å². The van der Waals surface area contributed by atoms with Crippen LogP contribution in [-0.2, 0) is 4.74 Å². The molecule has 5 heteroatoms. The van der Waals surface area contributed by atoms with E-state index in [1.54, 1.807) is 6.20 Å². The maximum absolute atomic E-state index is 5.59. The first-order valence-corrected chi connectivity index (χ1v) is 6.23. The number of nitrogens with one attached hydrogen (secondary N) is 1. The topological polar surface area (TPSA) is 60.2 Å². The van der Waals surface area contributed by atoms with Crippen molar-refractivity contribution in [3.63, 3.8) is 0 Å². The number of aromatic nitrogens is 1. The lowest BCUT2D eigenvalue weighted by Crippen LogP contribution is -2.16. The summed E-state index contributed by atoms with van der Waals surface area (Å²) in [6, 6.07) is 3.78. The molecule has 4 nitrogen and oxygen atoms in total. The molecule has 17 heavy (non-hydrogen) atoms. The van der Waals surface area contributed by atoms with Crippen molar-refractivity contribution >= 4 is 22.9 Å². The Balaban J connectivity index is 2.34. The molecule has 0 unspecified atom stereocenters. The SMILES string of the molecule is CCCOCCCNc1cccnc1C(N)=S. The molecule has 0 aliphatic rings. The predicted octanol–water partition coefficient (Wildman–Crippen LogP) is 1.94. The third-order valence-electron chi connectivity index (χ3n) is 2.17. The van der Waals surface area contributed by atoms with Gasteiger partial charge in [0.15, 0.2) is 0 Å². The van der Waals surface area contributed by atoms with Gasteiger partial charge in [0.05, 0.1) is 5.69 Å². The number of rotatable bonds is 8. The summed E-state index contributed by atoms with van der Waals surface area (Å²) in [7, 11) is 0. The normalized spacial score (nSPS) is 10.2. The first-order valence-electron chi connectivity index (χ1n) is 5.82. The number of hydrogen-bond acceptors (Lipinski definition) is 4. The van der Waals surface area contributed by atoms with E-state index in [-0.39, 0.29) is 0 Å². The first kappa shape index (κ1) is 13.9. The van der Waals surface area contributed by atoms with Gasteiger partial charge < -0.3 is 15.8 Å². The maximum Gasteiger partial charge on any atom is 0.124 e.